The number of rotatable bonds is 4. The third-order valence-corrected chi connectivity index (χ3v) is 5.71. The lowest BCUT2D eigenvalue weighted by atomic mass is 9.98. The van der Waals surface area contributed by atoms with Crippen LogP contribution in [0.3, 0.4) is 0 Å². The predicted molar refractivity (Wildman–Crippen MR) is 88.3 cm³/mol. The van der Waals surface area contributed by atoms with Crippen LogP contribution in [0.5, 0.6) is 0 Å². The van der Waals surface area contributed by atoms with Crippen molar-refractivity contribution in [1.29, 1.82) is 0 Å². The highest BCUT2D eigenvalue weighted by Crippen LogP contribution is 2.31. The minimum Gasteiger partial charge on any atom is -0.378 e. The highest BCUT2D eigenvalue weighted by atomic mass is 32.1. The summed E-state index contributed by atoms with van der Waals surface area (Å²) in [5, 5.41) is 3.38. The second kappa shape index (κ2) is 7.09. The fraction of sp³-hybridized carbons (Fsp3) is 0.765. The number of aromatic nitrogens is 1. The molecular weight excluding hydrogens is 296 g/mol. The molecule has 4 nitrogen and oxygen atoms in total. The van der Waals surface area contributed by atoms with Crippen molar-refractivity contribution in [2.75, 3.05) is 19.7 Å². The Balaban J connectivity index is 1.59. The van der Waals surface area contributed by atoms with Crippen LogP contribution >= 0.6 is 11.3 Å². The number of thiazole rings is 1. The number of hydrogen-bond donors (Lipinski definition) is 0. The van der Waals surface area contributed by atoms with Gasteiger partial charge >= 0.3 is 0 Å². The summed E-state index contributed by atoms with van der Waals surface area (Å²) in [4.78, 5) is 19.3. The Bertz CT molecular complexity index is 509. The van der Waals surface area contributed by atoms with Gasteiger partial charge in [0.05, 0.1) is 23.2 Å². The molecule has 0 bridgehead atoms. The SMILES string of the molecule is CC(C)c1csc([C@@H]2CCCN(C(=O)C[C@@H]3CCCO3)C2)n1. The van der Waals surface area contributed by atoms with E-state index in [1.165, 1.54) is 10.7 Å². The topological polar surface area (TPSA) is 42.4 Å². The normalized spacial score (nSPS) is 25.9. The third-order valence-electron chi connectivity index (χ3n) is 4.68. The van der Waals surface area contributed by atoms with Crippen molar-refractivity contribution >= 4 is 17.2 Å². The molecule has 2 atom stereocenters. The maximum absolute atomic E-state index is 12.5. The number of carbonyl (C=O) groups is 1. The van der Waals surface area contributed by atoms with Gasteiger partial charge in [0.25, 0.3) is 0 Å². The van der Waals surface area contributed by atoms with Crippen molar-refractivity contribution in [1.82, 2.24) is 9.88 Å². The summed E-state index contributed by atoms with van der Waals surface area (Å²) in [5.74, 6) is 1.16. The molecule has 0 aromatic carbocycles. The van der Waals surface area contributed by atoms with E-state index in [1.54, 1.807) is 11.3 Å². The smallest absolute Gasteiger partial charge is 0.225 e. The molecule has 22 heavy (non-hydrogen) atoms. The summed E-state index contributed by atoms with van der Waals surface area (Å²) in [5.41, 5.74) is 1.18. The number of hydrogen-bond acceptors (Lipinski definition) is 4. The second-order valence-corrected chi connectivity index (χ2v) is 7.67. The van der Waals surface area contributed by atoms with Gasteiger partial charge in [-0.25, -0.2) is 4.98 Å². The van der Waals surface area contributed by atoms with Crippen molar-refractivity contribution in [3.05, 3.63) is 16.1 Å². The summed E-state index contributed by atoms with van der Waals surface area (Å²) in [7, 11) is 0. The van der Waals surface area contributed by atoms with Crippen molar-refractivity contribution < 1.29 is 9.53 Å². The predicted octanol–water partition coefficient (Wildman–Crippen LogP) is 3.54. The fourth-order valence-electron chi connectivity index (χ4n) is 3.29. The van der Waals surface area contributed by atoms with Gasteiger partial charge in [0, 0.05) is 31.0 Å². The molecule has 0 aliphatic carbocycles. The van der Waals surface area contributed by atoms with Gasteiger partial charge < -0.3 is 9.64 Å². The molecule has 0 radical (unpaired) electrons. The summed E-state index contributed by atoms with van der Waals surface area (Å²) in [6, 6.07) is 0. The zero-order valence-corrected chi connectivity index (χ0v) is 14.4. The molecule has 0 unspecified atom stereocenters. The van der Waals surface area contributed by atoms with Crippen LogP contribution in [0.15, 0.2) is 5.38 Å². The Kier molecular flexibility index (Phi) is 5.14. The zero-order chi connectivity index (χ0) is 15.5. The summed E-state index contributed by atoms with van der Waals surface area (Å²) < 4.78 is 5.60. The highest BCUT2D eigenvalue weighted by Gasteiger charge is 2.29. The molecule has 2 saturated heterocycles. The number of likely N-dealkylation sites (tertiary alicyclic amines) is 1. The number of nitrogens with zero attached hydrogens (tertiary/aromatic N) is 2. The minimum atomic E-state index is 0.153. The van der Waals surface area contributed by atoms with E-state index in [4.69, 9.17) is 9.72 Å². The fourth-order valence-corrected chi connectivity index (χ4v) is 4.40. The first-order valence-corrected chi connectivity index (χ1v) is 9.36. The standard InChI is InChI=1S/C17H26N2O2S/c1-12(2)15-11-22-17(18-15)13-5-3-7-19(10-13)16(20)9-14-6-4-8-21-14/h11-14H,3-10H2,1-2H3/t13-,14+/m1/s1. The monoisotopic (exact) mass is 322 g/mol. The molecule has 2 fully saturated rings. The first-order chi connectivity index (χ1) is 10.6. The van der Waals surface area contributed by atoms with Crippen LogP contribution in [0.25, 0.3) is 0 Å². The van der Waals surface area contributed by atoms with Crippen LogP contribution in [0.2, 0.25) is 0 Å². The van der Waals surface area contributed by atoms with Gasteiger partial charge in [0.15, 0.2) is 0 Å². The first-order valence-electron chi connectivity index (χ1n) is 8.48. The van der Waals surface area contributed by atoms with Gasteiger partial charge in [-0.15, -0.1) is 11.3 Å². The molecule has 0 saturated carbocycles. The first kappa shape index (κ1) is 15.9. The van der Waals surface area contributed by atoms with Gasteiger partial charge in [-0.3, -0.25) is 4.79 Å². The summed E-state index contributed by atoms with van der Waals surface area (Å²) >= 11 is 1.76. The van der Waals surface area contributed by atoms with Crippen LogP contribution < -0.4 is 0 Å². The zero-order valence-electron chi connectivity index (χ0n) is 13.6. The maximum atomic E-state index is 12.5. The number of carbonyl (C=O) groups excluding carboxylic acids is 1. The Morgan fingerprint density at radius 3 is 3.00 bits per heavy atom. The molecule has 3 heterocycles. The van der Waals surface area contributed by atoms with Crippen LogP contribution in [0.4, 0.5) is 0 Å². The van der Waals surface area contributed by atoms with E-state index in [9.17, 15) is 4.79 Å². The molecule has 2 aliphatic heterocycles. The quantitative estimate of drug-likeness (QED) is 0.851. The molecule has 122 valence electrons. The van der Waals surface area contributed by atoms with Gasteiger partial charge in [-0.2, -0.15) is 0 Å². The molecular formula is C17H26N2O2S. The van der Waals surface area contributed by atoms with E-state index < -0.39 is 0 Å². The lowest BCUT2D eigenvalue weighted by Gasteiger charge is -2.32. The van der Waals surface area contributed by atoms with E-state index in [2.05, 4.69) is 19.2 Å². The number of amides is 1. The van der Waals surface area contributed by atoms with Gasteiger partial charge in [-0.1, -0.05) is 13.8 Å². The van der Waals surface area contributed by atoms with E-state index in [0.29, 0.717) is 18.3 Å². The Morgan fingerprint density at radius 2 is 2.32 bits per heavy atom. The van der Waals surface area contributed by atoms with Crippen LogP contribution in [-0.4, -0.2) is 41.6 Å². The molecule has 1 aromatic rings. The maximum Gasteiger partial charge on any atom is 0.225 e. The largest absolute Gasteiger partial charge is 0.378 e. The van der Waals surface area contributed by atoms with Gasteiger partial charge in [0.2, 0.25) is 5.91 Å². The van der Waals surface area contributed by atoms with E-state index >= 15 is 0 Å². The van der Waals surface area contributed by atoms with Crippen molar-refractivity contribution in [2.45, 2.75) is 63.9 Å². The van der Waals surface area contributed by atoms with Crippen LogP contribution in [0, 0.1) is 0 Å². The minimum absolute atomic E-state index is 0.153. The lowest BCUT2D eigenvalue weighted by molar-refractivity contribution is -0.134. The average Bonchev–Trinajstić information content (AvgIpc) is 3.18. The van der Waals surface area contributed by atoms with E-state index in [-0.39, 0.29) is 12.0 Å². The number of piperidine rings is 1. The van der Waals surface area contributed by atoms with Crippen molar-refractivity contribution in [3.63, 3.8) is 0 Å². The molecule has 1 aromatic heterocycles. The van der Waals surface area contributed by atoms with Gasteiger partial charge in [0.1, 0.15) is 0 Å². The number of ether oxygens (including phenoxy) is 1. The van der Waals surface area contributed by atoms with E-state index in [0.717, 1.165) is 45.4 Å². The van der Waals surface area contributed by atoms with Crippen molar-refractivity contribution in [2.24, 2.45) is 0 Å². The summed E-state index contributed by atoms with van der Waals surface area (Å²) in [6.07, 6.45) is 5.07. The molecule has 1 amide bonds. The lowest BCUT2D eigenvalue weighted by Crippen LogP contribution is -2.40. The van der Waals surface area contributed by atoms with E-state index in [1.807, 2.05) is 4.90 Å². The van der Waals surface area contributed by atoms with Crippen LogP contribution in [0.1, 0.15) is 68.5 Å². The molecule has 0 spiro atoms. The Hall–Kier alpha value is -0.940. The molecule has 0 N–H and O–H groups in total. The molecule has 3 rings (SSSR count). The van der Waals surface area contributed by atoms with Crippen molar-refractivity contribution in [3.8, 4) is 0 Å². The highest BCUT2D eigenvalue weighted by molar-refractivity contribution is 7.09. The van der Waals surface area contributed by atoms with Gasteiger partial charge in [-0.05, 0) is 31.6 Å². The Morgan fingerprint density at radius 1 is 1.45 bits per heavy atom. The third kappa shape index (κ3) is 3.69. The summed E-state index contributed by atoms with van der Waals surface area (Å²) in [6.45, 7) is 6.90. The molecule has 5 heteroatoms. The molecule has 2 aliphatic rings. The van der Waals surface area contributed by atoms with Crippen LogP contribution in [-0.2, 0) is 9.53 Å². The second-order valence-electron chi connectivity index (χ2n) is 6.78. The Labute approximate surface area is 136 Å². The average molecular weight is 322 g/mol.